The van der Waals surface area contributed by atoms with Crippen LogP contribution in [0.15, 0.2) is 35.0 Å². The Kier molecular flexibility index (Phi) is 5.48. The molecule has 158 valence electrons. The lowest BCUT2D eigenvalue weighted by Crippen LogP contribution is -2.31. The van der Waals surface area contributed by atoms with Crippen molar-refractivity contribution in [1.82, 2.24) is 20.3 Å². The molecule has 4 rings (SSSR count). The lowest BCUT2D eigenvalue weighted by Gasteiger charge is -2.23. The van der Waals surface area contributed by atoms with E-state index in [0.717, 1.165) is 29.0 Å². The zero-order valence-electron chi connectivity index (χ0n) is 17.6. The molecule has 1 amide bonds. The van der Waals surface area contributed by atoms with Crippen LogP contribution in [0.5, 0.6) is 11.5 Å². The van der Waals surface area contributed by atoms with E-state index in [-0.39, 0.29) is 23.6 Å². The van der Waals surface area contributed by atoms with Gasteiger partial charge >= 0.3 is 0 Å². The number of hydrogen-bond acceptors (Lipinski definition) is 6. The molecule has 0 aliphatic carbocycles. The summed E-state index contributed by atoms with van der Waals surface area (Å²) in [5, 5.41) is 11.3. The van der Waals surface area contributed by atoms with Crippen molar-refractivity contribution in [3.63, 3.8) is 0 Å². The molecular formula is C22H26N4O4. The van der Waals surface area contributed by atoms with Gasteiger partial charge in [-0.15, -0.1) is 0 Å². The Balaban J connectivity index is 1.55. The van der Waals surface area contributed by atoms with Gasteiger partial charge in [0.25, 0.3) is 5.91 Å². The fraction of sp³-hybridized carbons (Fsp3) is 0.409. The van der Waals surface area contributed by atoms with Crippen LogP contribution in [-0.2, 0) is 7.05 Å². The summed E-state index contributed by atoms with van der Waals surface area (Å²) < 4.78 is 18.6. The molecule has 2 aromatic heterocycles. The number of fused-ring (bicyclic) bond motifs is 1. The smallest absolute Gasteiger partial charge is 0.290 e. The average Bonchev–Trinajstić information content (AvgIpc) is 3.25. The number of aromatic nitrogens is 3. The lowest BCUT2D eigenvalue weighted by molar-refractivity contribution is 0.0888. The second-order valence-corrected chi connectivity index (χ2v) is 7.80. The maximum Gasteiger partial charge on any atom is 0.290 e. The highest BCUT2D eigenvalue weighted by Gasteiger charge is 2.24. The van der Waals surface area contributed by atoms with E-state index in [1.807, 2.05) is 32.2 Å². The molecule has 1 atom stereocenters. The first kappa shape index (κ1) is 20.0. The quantitative estimate of drug-likeness (QED) is 0.690. The highest BCUT2D eigenvalue weighted by molar-refractivity contribution is 5.92. The number of benzene rings is 1. The maximum absolute atomic E-state index is 12.9. The fourth-order valence-electron chi connectivity index (χ4n) is 3.48. The first-order valence-corrected chi connectivity index (χ1v) is 10.1. The number of aryl methyl sites for hydroxylation is 1. The fourth-order valence-corrected chi connectivity index (χ4v) is 3.48. The second-order valence-electron chi connectivity index (χ2n) is 7.80. The van der Waals surface area contributed by atoms with Crippen molar-refractivity contribution in [3.05, 3.63) is 47.5 Å². The molecule has 1 aromatic carbocycles. The standard InChI is InChI=1S/C22H26N4O4/c1-13(2)21(15-6-7-18-19(10-15)29-9-5-8-28-18)24-22(27)20-11-17(25-30-20)16-12-23-26(4)14(16)3/h6-7,10-13,21H,5,8-9H2,1-4H3,(H,24,27)/t21-/m1/s1. The van der Waals surface area contributed by atoms with Crippen molar-refractivity contribution in [1.29, 1.82) is 0 Å². The molecule has 8 nitrogen and oxygen atoms in total. The summed E-state index contributed by atoms with van der Waals surface area (Å²) in [7, 11) is 1.86. The Labute approximate surface area is 175 Å². The number of ether oxygens (including phenoxy) is 2. The number of rotatable bonds is 5. The third-order valence-corrected chi connectivity index (χ3v) is 5.33. The molecule has 1 aliphatic rings. The molecule has 0 spiro atoms. The molecule has 1 aliphatic heterocycles. The van der Waals surface area contributed by atoms with E-state index >= 15 is 0 Å². The molecule has 1 N–H and O–H groups in total. The van der Waals surface area contributed by atoms with Crippen molar-refractivity contribution in [2.24, 2.45) is 13.0 Å². The molecule has 0 saturated heterocycles. The first-order chi connectivity index (χ1) is 14.4. The van der Waals surface area contributed by atoms with Crippen molar-refractivity contribution in [2.75, 3.05) is 13.2 Å². The van der Waals surface area contributed by atoms with Crippen LogP contribution in [0.25, 0.3) is 11.3 Å². The van der Waals surface area contributed by atoms with E-state index in [9.17, 15) is 4.79 Å². The molecule has 0 fully saturated rings. The predicted octanol–water partition coefficient (Wildman–Crippen LogP) is 3.67. The van der Waals surface area contributed by atoms with Gasteiger partial charge in [-0.1, -0.05) is 25.1 Å². The molecule has 8 heteroatoms. The van der Waals surface area contributed by atoms with Gasteiger partial charge in [0.05, 0.1) is 25.5 Å². The summed E-state index contributed by atoms with van der Waals surface area (Å²) in [4.78, 5) is 12.9. The SMILES string of the molecule is Cc1c(-c2cc(C(=O)N[C@@H](c3ccc4c(c3)OCCCO4)C(C)C)on2)cnn1C. The van der Waals surface area contributed by atoms with E-state index in [1.165, 1.54) is 0 Å². The van der Waals surface area contributed by atoms with Crippen LogP contribution >= 0.6 is 0 Å². The minimum Gasteiger partial charge on any atom is -0.490 e. The van der Waals surface area contributed by atoms with E-state index in [1.54, 1.807) is 16.9 Å². The minimum atomic E-state index is -0.318. The van der Waals surface area contributed by atoms with Gasteiger partial charge < -0.3 is 19.3 Å². The summed E-state index contributed by atoms with van der Waals surface area (Å²) in [6.45, 7) is 7.30. The normalized spacial score (nSPS) is 14.4. The molecule has 0 unspecified atom stereocenters. The van der Waals surface area contributed by atoms with Crippen molar-refractivity contribution < 1.29 is 18.8 Å². The number of carbonyl (C=O) groups is 1. The summed E-state index contributed by atoms with van der Waals surface area (Å²) >= 11 is 0. The Bertz CT molecular complexity index is 1050. The monoisotopic (exact) mass is 410 g/mol. The first-order valence-electron chi connectivity index (χ1n) is 10.1. The van der Waals surface area contributed by atoms with Crippen LogP contribution in [0.4, 0.5) is 0 Å². The van der Waals surface area contributed by atoms with Gasteiger partial charge in [0.2, 0.25) is 5.76 Å². The minimum absolute atomic E-state index is 0.154. The number of nitrogens with one attached hydrogen (secondary N) is 1. The Hall–Kier alpha value is -3.29. The van der Waals surface area contributed by atoms with Crippen LogP contribution < -0.4 is 14.8 Å². The molecule has 3 aromatic rings. The zero-order chi connectivity index (χ0) is 21.3. The summed E-state index contributed by atoms with van der Waals surface area (Å²) in [5.74, 6) is 1.44. The van der Waals surface area contributed by atoms with Gasteiger partial charge in [0.1, 0.15) is 5.69 Å². The summed E-state index contributed by atoms with van der Waals surface area (Å²) in [5.41, 5.74) is 3.32. The average molecular weight is 410 g/mol. The van der Waals surface area contributed by atoms with E-state index in [0.29, 0.717) is 24.7 Å². The number of hydrogen-bond donors (Lipinski definition) is 1. The van der Waals surface area contributed by atoms with Crippen LogP contribution in [0, 0.1) is 12.8 Å². The van der Waals surface area contributed by atoms with E-state index in [4.69, 9.17) is 14.0 Å². The van der Waals surface area contributed by atoms with Crippen LogP contribution in [-0.4, -0.2) is 34.1 Å². The number of nitrogens with zero attached hydrogens (tertiary/aromatic N) is 3. The Morgan fingerprint density at radius 1 is 1.17 bits per heavy atom. The van der Waals surface area contributed by atoms with Crippen molar-refractivity contribution in [2.45, 2.75) is 33.2 Å². The molecule has 3 heterocycles. The van der Waals surface area contributed by atoms with Crippen molar-refractivity contribution in [3.8, 4) is 22.8 Å². The van der Waals surface area contributed by atoms with Gasteiger partial charge in [-0.25, -0.2) is 0 Å². The largest absolute Gasteiger partial charge is 0.490 e. The number of amides is 1. The Morgan fingerprint density at radius 2 is 1.93 bits per heavy atom. The Morgan fingerprint density at radius 3 is 2.63 bits per heavy atom. The van der Waals surface area contributed by atoms with Crippen molar-refractivity contribution >= 4 is 5.91 Å². The van der Waals surface area contributed by atoms with Gasteiger partial charge in [-0.3, -0.25) is 9.48 Å². The highest BCUT2D eigenvalue weighted by atomic mass is 16.5. The molecule has 0 radical (unpaired) electrons. The molecule has 0 bridgehead atoms. The second kappa shape index (κ2) is 8.22. The van der Waals surface area contributed by atoms with Gasteiger partial charge in [0, 0.05) is 30.8 Å². The molecule has 30 heavy (non-hydrogen) atoms. The molecular weight excluding hydrogens is 384 g/mol. The number of carbonyl (C=O) groups excluding carboxylic acids is 1. The summed E-state index contributed by atoms with van der Waals surface area (Å²) in [6.07, 6.45) is 2.56. The van der Waals surface area contributed by atoms with Gasteiger partial charge in [-0.05, 0) is 30.5 Å². The predicted molar refractivity (Wildman–Crippen MR) is 111 cm³/mol. The molecule has 0 saturated carbocycles. The summed E-state index contributed by atoms with van der Waals surface area (Å²) in [6, 6.07) is 7.22. The highest BCUT2D eigenvalue weighted by Crippen LogP contribution is 2.34. The lowest BCUT2D eigenvalue weighted by atomic mass is 9.95. The zero-order valence-corrected chi connectivity index (χ0v) is 17.6. The van der Waals surface area contributed by atoms with Gasteiger partial charge in [0.15, 0.2) is 11.5 Å². The van der Waals surface area contributed by atoms with E-state index in [2.05, 4.69) is 29.4 Å². The van der Waals surface area contributed by atoms with E-state index < -0.39 is 0 Å². The van der Waals surface area contributed by atoms with Crippen LogP contribution in [0.2, 0.25) is 0 Å². The third kappa shape index (κ3) is 3.90. The maximum atomic E-state index is 12.9. The van der Waals surface area contributed by atoms with Crippen LogP contribution in [0.3, 0.4) is 0 Å². The topological polar surface area (TPSA) is 91.4 Å². The van der Waals surface area contributed by atoms with Crippen LogP contribution in [0.1, 0.15) is 48.1 Å². The third-order valence-electron chi connectivity index (χ3n) is 5.33. The van der Waals surface area contributed by atoms with Gasteiger partial charge in [-0.2, -0.15) is 5.10 Å².